The summed E-state index contributed by atoms with van der Waals surface area (Å²) in [5.41, 5.74) is 0. The van der Waals surface area contributed by atoms with Crippen molar-refractivity contribution in [1.29, 1.82) is 5.26 Å². The molecule has 2 nitrogen and oxygen atoms in total. The third-order valence-corrected chi connectivity index (χ3v) is 2.54. The Morgan fingerprint density at radius 2 is 2.33 bits per heavy atom. The monoisotopic (exact) mass is 203 g/mol. The number of thiocarbonyl (C=S) groups is 1. The van der Waals surface area contributed by atoms with Crippen molar-refractivity contribution in [2.75, 3.05) is 6.61 Å². The second-order valence-electron chi connectivity index (χ2n) is 2.21. The topological polar surface area (TPSA) is 33.0 Å². The Kier molecular flexibility index (Phi) is 7.22. The Bertz CT molecular complexity index is 176. The molecule has 0 saturated heterocycles. The first-order valence-electron chi connectivity index (χ1n) is 3.97. The molecule has 0 saturated carbocycles. The second kappa shape index (κ2) is 7.38. The van der Waals surface area contributed by atoms with Gasteiger partial charge in [0.15, 0.2) is 0 Å². The highest BCUT2D eigenvalue weighted by atomic mass is 32.2. The van der Waals surface area contributed by atoms with Crippen LogP contribution >= 0.6 is 24.0 Å². The van der Waals surface area contributed by atoms with Gasteiger partial charge in [-0.3, -0.25) is 0 Å². The van der Waals surface area contributed by atoms with Gasteiger partial charge >= 0.3 is 0 Å². The third-order valence-electron chi connectivity index (χ3n) is 1.20. The summed E-state index contributed by atoms with van der Waals surface area (Å²) in [5.74, 6) is 0. The number of hydrogen-bond acceptors (Lipinski definition) is 4. The number of nitriles is 1. The van der Waals surface area contributed by atoms with Gasteiger partial charge in [-0.1, -0.05) is 25.1 Å². The van der Waals surface area contributed by atoms with E-state index in [0.29, 0.717) is 11.0 Å². The van der Waals surface area contributed by atoms with Crippen molar-refractivity contribution in [2.24, 2.45) is 0 Å². The molecule has 0 fully saturated rings. The lowest BCUT2D eigenvalue weighted by Crippen LogP contribution is -2.05. The first-order chi connectivity index (χ1) is 5.74. The third kappa shape index (κ3) is 5.39. The molecular weight excluding hydrogens is 190 g/mol. The van der Waals surface area contributed by atoms with E-state index in [4.69, 9.17) is 22.2 Å². The summed E-state index contributed by atoms with van der Waals surface area (Å²) >= 11 is 6.24. The average Bonchev–Trinajstić information content (AvgIpc) is 2.04. The maximum Gasteiger partial charge on any atom is 0.221 e. The minimum atomic E-state index is -0.0472. The van der Waals surface area contributed by atoms with Crippen LogP contribution in [0, 0.1) is 11.3 Å². The molecule has 0 aromatic rings. The zero-order valence-corrected chi connectivity index (χ0v) is 9.00. The molecule has 0 aliphatic carbocycles. The smallest absolute Gasteiger partial charge is 0.221 e. The van der Waals surface area contributed by atoms with Crippen LogP contribution in [-0.4, -0.2) is 16.2 Å². The van der Waals surface area contributed by atoms with Crippen LogP contribution in [-0.2, 0) is 4.74 Å². The summed E-state index contributed by atoms with van der Waals surface area (Å²) in [6, 6.07) is 2.19. The molecule has 0 aliphatic heterocycles. The first-order valence-corrected chi connectivity index (χ1v) is 5.26. The van der Waals surface area contributed by atoms with Crippen molar-refractivity contribution in [3.8, 4) is 6.07 Å². The SMILES string of the molecule is CCC[C@@H](C#N)SC(=S)OCC. The van der Waals surface area contributed by atoms with Crippen molar-refractivity contribution < 1.29 is 4.74 Å². The number of nitrogens with zero attached hydrogens (tertiary/aromatic N) is 1. The quantitative estimate of drug-likeness (QED) is 0.658. The van der Waals surface area contributed by atoms with Crippen LogP contribution in [0.3, 0.4) is 0 Å². The van der Waals surface area contributed by atoms with Crippen molar-refractivity contribution in [3.05, 3.63) is 0 Å². The Morgan fingerprint density at radius 1 is 1.67 bits per heavy atom. The van der Waals surface area contributed by atoms with E-state index in [9.17, 15) is 0 Å². The highest BCUT2D eigenvalue weighted by molar-refractivity contribution is 8.23. The fourth-order valence-corrected chi connectivity index (χ4v) is 1.97. The van der Waals surface area contributed by atoms with Gasteiger partial charge in [0.1, 0.15) is 5.25 Å². The van der Waals surface area contributed by atoms with Crippen molar-refractivity contribution in [1.82, 2.24) is 0 Å². The highest BCUT2D eigenvalue weighted by Crippen LogP contribution is 2.18. The lowest BCUT2D eigenvalue weighted by atomic mass is 10.3. The van der Waals surface area contributed by atoms with Crippen LogP contribution < -0.4 is 0 Å². The molecule has 0 aromatic carbocycles. The number of thioether (sulfide) groups is 1. The summed E-state index contributed by atoms with van der Waals surface area (Å²) in [5, 5.41) is 8.64. The van der Waals surface area contributed by atoms with Crippen LogP contribution in [0.15, 0.2) is 0 Å². The number of rotatable bonds is 4. The molecule has 12 heavy (non-hydrogen) atoms. The Morgan fingerprint density at radius 3 is 2.75 bits per heavy atom. The highest BCUT2D eigenvalue weighted by Gasteiger charge is 2.10. The largest absolute Gasteiger partial charge is 0.479 e. The van der Waals surface area contributed by atoms with E-state index in [2.05, 4.69) is 13.0 Å². The van der Waals surface area contributed by atoms with Gasteiger partial charge in [-0.2, -0.15) is 5.26 Å². The van der Waals surface area contributed by atoms with Gasteiger partial charge in [0, 0.05) is 0 Å². The van der Waals surface area contributed by atoms with Gasteiger partial charge in [-0.25, -0.2) is 0 Å². The zero-order chi connectivity index (χ0) is 9.40. The van der Waals surface area contributed by atoms with E-state index in [-0.39, 0.29) is 5.25 Å². The van der Waals surface area contributed by atoms with Crippen LogP contribution in [0.25, 0.3) is 0 Å². The molecular formula is C8H13NOS2. The molecule has 0 spiro atoms. The van der Waals surface area contributed by atoms with Gasteiger partial charge in [-0.15, -0.1) is 0 Å². The van der Waals surface area contributed by atoms with E-state index in [1.54, 1.807) is 0 Å². The molecule has 4 heteroatoms. The van der Waals surface area contributed by atoms with Gasteiger partial charge in [-0.05, 0) is 25.6 Å². The van der Waals surface area contributed by atoms with Crippen molar-refractivity contribution >= 4 is 28.4 Å². The molecule has 0 aromatic heterocycles. The van der Waals surface area contributed by atoms with Gasteiger partial charge in [0.2, 0.25) is 4.38 Å². The van der Waals surface area contributed by atoms with E-state index >= 15 is 0 Å². The maximum atomic E-state index is 8.69. The fraction of sp³-hybridized carbons (Fsp3) is 0.750. The molecule has 0 heterocycles. The molecule has 1 atom stereocenters. The van der Waals surface area contributed by atoms with Gasteiger partial charge in [0.25, 0.3) is 0 Å². The molecule has 0 amide bonds. The maximum absolute atomic E-state index is 8.69. The summed E-state index contributed by atoms with van der Waals surface area (Å²) in [4.78, 5) is 0. The van der Waals surface area contributed by atoms with E-state index in [0.717, 1.165) is 12.8 Å². The Hall–Kier alpha value is -0.270. The minimum absolute atomic E-state index is 0.0472. The normalized spacial score (nSPS) is 11.8. The Balaban J connectivity index is 3.71. The van der Waals surface area contributed by atoms with E-state index in [1.807, 2.05) is 6.92 Å². The van der Waals surface area contributed by atoms with E-state index < -0.39 is 0 Å². The molecule has 0 unspecified atom stereocenters. The van der Waals surface area contributed by atoms with Gasteiger partial charge < -0.3 is 4.74 Å². The first kappa shape index (κ1) is 11.7. The standard InChI is InChI=1S/C8H13NOS2/c1-3-5-7(6-9)12-8(11)10-4-2/h7H,3-5H2,1-2H3/t7-/m0/s1. The summed E-state index contributed by atoms with van der Waals surface area (Å²) < 4.78 is 5.55. The van der Waals surface area contributed by atoms with Crippen LogP contribution in [0.1, 0.15) is 26.7 Å². The Labute approximate surface area is 83.3 Å². The average molecular weight is 203 g/mol. The van der Waals surface area contributed by atoms with Crippen LogP contribution in [0.5, 0.6) is 0 Å². The van der Waals surface area contributed by atoms with Crippen molar-refractivity contribution in [2.45, 2.75) is 31.9 Å². The second-order valence-corrected chi connectivity index (χ2v) is 4.01. The number of ether oxygens (including phenoxy) is 1. The predicted octanol–water partition coefficient (Wildman–Crippen LogP) is 2.73. The summed E-state index contributed by atoms with van der Waals surface area (Å²) in [7, 11) is 0. The molecule has 0 aliphatic rings. The molecule has 68 valence electrons. The fourth-order valence-electron chi connectivity index (χ4n) is 0.680. The predicted molar refractivity (Wildman–Crippen MR) is 56.1 cm³/mol. The molecule has 0 bridgehead atoms. The van der Waals surface area contributed by atoms with Crippen LogP contribution in [0.4, 0.5) is 0 Å². The van der Waals surface area contributed by atoms with E-state index in [1.165, 1.54) is 11.8 Å². The zero-order valence-electron chi connectivity index (χ0n) is 7.37. The summed E-state index contributed by atoms with van der Waals surface area (Å²) in [6.45, 7) is 4.51. The minimum Gasteiger partial charge on any atom is -0.479 e. The number of hydrogen-bond donors (Lipinski definition) is 0. The van der Waals surface area contributed by atoms with Crippen molar-refractivity contribution in [3.63, 3.8) is 0 Å². The molecule has 0 radical (unpaired) electrons. The van der Waals surface area contributed by atoms with Crippen LogP contribution in [0.2, 0.25) is 0 Å². The molecule has 0 N–H and O–H groups in total. The van der Waals surface area contributed by atoms with Gasteiger partial charge in [0.05, 0.1) is 12.7 Å². The lowest BCUT2D eigenvalue weighted by molar-refractivity contribution is 0.346. The molecule has 0 rings (SSSR count). The lowest BCUT2D eigenvalue weighted by Gasteiger charge is -2.07. The summed E-state index contributed by atoms with van der Waals surface area (Å²) in [6.07, 6.45) is 1.87.